The average Bonchev–Trinajstić information content (AvgIpc) is 1.70. The number of carboxylic acid groups (broad SMARTS) is 2. The summed E-state index contributed by atoms with van der Waals surface area (Å²) in [7, 11) is 6.76. The van der Waals surface area contributed by atoms with E-state index in [2.05, 4.69) is 57.1 Å². The first kappa shape index (κ1) is 78.1. The number of hydrogen-bond acceptors (Lipinski definition) is 14. The number of carboxylic acids is 2. The van der Waals surface area contributed by atoms with Gasteiger partial charge in [-0.25, -0.2) is 4.79 Å². The zero-order chi connectivity index (χ0) is 67.7. The fourth-order valence-corrected chi connectivity index (χ4v) is 13.2. The van der Waals surface area contributed by atoms with E-state index in [1.54, 1.807) is 54.1 Å². The van der Waals surface area contributed by atoms with Gasteiger partial charge in [-0.1, -0.05) is 113 Å². The van der Waals surface area contributed by atoms with Gasteiger partial charge in [-0.05, 0) is 106 Å². The lowest BCUT2D eigenvalue weighted by Crippen LogP contribution is -2.54. The van der Waals surface area contributed by atoms with Crippen LogP contribution in [0.2, 0.25) is 0 Å². The zero-order valence-electron chi connectivity index (χ0n) is 56.8. The highest BCUT2D eigenvalue weighted by Gasteiger charge is 2.44. The second kappa shape index (κ2) is 38.0. The topological polar surface area (TPSA) is 284 Å². The summed E-state index contributed by atoms with van der Waals surface area (Å²) in [6, 6.07) is 6.14. The lowest BCUT2D eigenvalue weighted by atomic mass is 9.81. The molecule has 2 aliphatic heterocycles. The maximum atomic E-state index is 14.9. The highest BCUT2D eigenvalue weighted by molar-refractivity contribution is 6.13. The Morgan fingerprint density at radius 3 is 1.94 bits per heavy atom. The van der Waals surface area contributed by atoms with Gasteiger partial charge in [0.15, 0.2) is 5.78 Å². The maximum Gasteiger partial charge on any atom is 0.326 e. The second-order valence-electron chi connectivity index (χ2n) is 27.5. The van der Waals surface area contributed by atoms with E-state index >= 15 is 0 Å². The minimum absolute atomic E-state index is 0.0291. The van der Waals surface area contributed by atoms with E-state index in [-0.39, 0.29) is 117 Å². The van der Waals surface area contributed by atoms with Gasteiger partial charge in [0.2, 0.25) is 23.6 Å². The van der Waals surface area contributed by atoms with Crippen LogP contribution in [0.25, 0.3) is 0 Å². The molecule has 90 heavy (non-hydrogen) atoms. The number of carbonyl (C=O) groups excluding carboxylic acids is 9. The van der Waals surface area contributed by atoms with Gasteiger partial charge in [0, 0.05) is 109 Å². The van der Waals surface area contributed by atoms with Gasteiger partial charge < -0.3 is 40.1 Å². The molecule has 1 aromatic carbocycles. The van der Waals surface area contributed by atoms with Gasteiger partial charge in [-0.2, -0.15) is 0 Å². The standard InChI is InChI=1S/C69H110N6O15/c1-16-46(7)64(73(13)67(86)51(43(2)3)40-56(78)63(44(4)5)72(12)35-31-45(6)42-69(9,10)11)57(89-14)41-61(82)74-34-22-26-53(74)65(90-15)47(8)54(76)39-50(37-48-23-18-17-19-24-48)55(77)38-49(27-30-62(83)84)66(85)71-52(68(87)88)25-20-21-33-70-58(79)32-36-75-59(80)28-29-60(75)81/h17-19,23-24,28-29,43-47,49-53,57,63-65H,16,20-22,25-27,30-42H2,1-15H3,(H,70,79)(H,71,85)(H,83,84)(H,87,88)/t45?,46-,47-,49+,50-,51-,52-,53-,57+,63-,64-,65+/m0/s1. The lowest BCUT2D eigenvalue weighted by Gasteiger charge is -2.41. The Bertz CT molecular complexity index is 2570. The number of aliphatic carboxylic acids is 2. The first-order chi connectivity index (χ1) is 42.3. The van der Waals surface area contributed by atoms with Crippen LogP contribution < -0.4 is 10.6 Å². The third kappa shape index (κ3) is 24.8. The predicted molar refractivity (Wildman–Crippen MR) is 343 cm³/mol. The summed E-state index contributed by atoms with van der Waals surface area (Å²) < 4.78 is 12.3. The van der Waals surface area contributed by atoms with Gasteiger partial charge in [-0.15, -0.1) is 0 Å². The normalized spacial score (nSPS) is 18.1. The molecule has 2 aliphatic rings. The van der Waals surface area contributed by atoms with Crippen molar-refractivity contribution in [2.24, 2.45) is 52.8 Å². The SMILES string of the molecule is CC[C@H](C)[C@@H]([C@@H](CC(=O)N1CCC[C@H]1[C@H](OC)[C@@H](C)C(=O)C[C@H](Cc1ccccc1)C(=O)C[C@@H](CCC(=O)O)C(=O)N[C@@H](CCCCNC(=O)CCN1C(=O)C=CC1=O)C(=O)O)OC)N(C)C(=O)[C@@H](CC(=O)[C@H](C(C)C)N(C)CCC(C)CC(C)(C)C)C(C)C. The summed E-state index contributed by atoms with van der Waals surface area (Å²) in [5.41, 5.74) is 0.931. The predicted octanol–water partition coefficient (Wildman–Crippen LogP) is 7.99. The molecule has 0 aliphatic carbocycles. The fraction of sp³-hybridized carbons (Fsp3) is 0.725. The van der Waals surface area contributed by atoms with Crippen molar-refractivity contribution in [1.82, 2.24) is 30.2 Å². The van der Waals surface area contributed by atoms with Crippen molar-refractivity contribution in [3.63, 3.8) is 0 Å². The Balaban J connectivity index is 1.79. The highest BCUT2D eigenvalue weighted by atomic mass is 16.5. The number of ether oxygens (including phenoxy) is 2. The van der Waals surface area contributed by atoms with Crippen LogP contribution in [0.3, 0.4) is 0 Å². The van der Waals surface area contributed by atoms with Crippen molar-refractivity contribution >= 4 is 64.7 Å². The van der Waals surface area contributed by atoms with E-state index in [0.717, 1.165) is 42.0 Å². The number of likely N-dealkylation sites (N-methyl/N-ethyl adjacent to an activating group) is 2. The Morgan fingerprint density at radius 1 is 0.756 bits per heavy atom. The Kier molecular flexibility index (Phi) is 32.9. The van der Waals surface area contributed by atoms with Crippen molar-refractivity contribution < 1.29 is 72.4 Å². The van der Waals surface area contributed by atoms with E-state index in [9.17, 15) is 63.0 Å². The van der Waals surface area contributed by atoms with Crippen molar-refractivity contribution in [2.45, 2.75) is 215 Å². The molecule has 6 amide bonds. The molecule has 0 radical (unpaired) electrons. The number of nitrogens with zero attached hydrogens (tertiary/aromatic N) is 4. The number of imide groups is 1. The van der Waals surface area contributed by atoms with E-state index in [4.69, 9.17) is 9.47 Å². The van der Waals surface area contributed by atoms with Gasteiger partial charge in [-0.3, -0.25) is 57.7 Å². The summed E-state index contributed by atoms with van der Waals surface area (Å²) >= 11 is 0. The monoisotopic (exact) mass is 1260 g/mol. The van der Waals surface area contributed by atoms with Crippen LogP contribution in [0.5, 0.6) is 0 Å². The number of amides is 6. The van der Waals surface area contributed by atoms with E-state index < -0.39 is 108 Å². The highest BCUT2D eigenvalue weighted by Crippen LogP contribution is 2.33. The minimum Gasteiger partial charge on any atom is -0.481 e. The third-order valence-electron chi connectivity index (χ3n) is 18.3. The van der Waals surface area contributed by atoms with E-state index in [0.29, 0.717) is 38.1 Å². The van der Waals surface area contributed by atoms with Crippen LogP contribution in [0.4, 0.5) is 0 Å². The van der Waals surface area contributed by atoms with Crippen LogP contribution >= 0.6 is 0 Å². The second-order valence-corrected chi connectivity index (χ2v) is 27.5. The quantitative estimate of drug-likeness (QED) is 0.0356. The molecule has 1 saturated heterocycles. The molecule has 0 bridgehead atoms. The molecule has 0 spiro atoms. The van der Waals surface area contributed by atoms with Crippen LogP contribution in [-0.4, -0.2) is 185 Å². The molecular weight excluding hydrogens is 1150 g/mol. The maximum absolute atomic E-state index is 14.9. The first-order valence-electron chi connectivity index (χ1n) is 32.8. The molecule has 0 saturated carbocycles. The van der Waals surface area contributed by atoms with E-state index in [1.807, 2.05) is 34.7 Å². The van der Waals surface area contributed by atoms with Crippen LogP contribution in [0, 0.1) is 52.8 Å². The number of benzene rings is 1. The molecular formula is C69H110N6O15. The van der Waals surface area contributed by atoms with Crippen molar-refractivity contribution in [1.29, 1.82) is 0 Å². The molecule has 4 N–H and O–H groups in total. The molecule has 21 heteroatoms. The van der Waals surface area contributed by atoms with Gasteiger partial charge in [0.05, 0.1) is 36.8 Å². The van der Waals surface area contributed by atoms with Crippen LogP contribution in [-0.2, 0) is 68.6 Å². The number of nitrogens with one attached hydrogen (secondary N) is 2. The van der Waals surface area contributed by atoms with Crippen molar-refractivity contribution in [2.75, 3.05) is 54.5 Å². The number of carbonyl (C=O) groups is 11. The number of hydrogen-bond donors (Lipinski definition) is 4. The summed E-state index contributed by atoms with van der Waals surface area (Å²) in [5.74, 6) is -9.54. The average molecular weight is 1260 g/mol. The Labute approximate surface area is 535 Å². The van der Waals surface area contributed by atoms with Crippen LogP contribution in [0.15, 0.2) is 42.5 Å². The number of likely N-dealkylation sites (tertiary alicyclic amines) is 1. The molecule has 1 aromatic rings. The number of methoxy groups -OCH3 is 2. The molecule has 1 fully saturated rings. The van der Waals surface area contributed by atoms with Crippen LogP contribution in [0.1, 0.15) is 178 Å². The van der Waals surface area contributed by atoms with E-state index in [1.165, 1.54) is 14.2 Å². The van der Waals surface area contributed by atoms with Gasteiger partial charge >= 0.3 is 11.9 Å². The molecule has 2 heterocycles. The van der Waals surface area contributed by atoms with Gasteiger partial charge in [0.25, 0.3) is 11.8 Å². The number of unbranched alkanes of at least 4 members (excludes halogenated alkanes) is 1. The molecule has 21 nitrogen and oxygen atoms in total. The smallest absolute Gasteiger partial charge is 0.326 e. The number of ketones is 3. The molecule has 506 valence electrons. The first-order valence-corrected chi connectivity index (χ1v) is 32.8. The minimum atomic E-state index is -1.41. The van der Waals surface area contributed by atoms with Gasteiger partial charge in [0.1, 0.15) is 17.6 Å². The molecule has 0 aromatic heterocycles. The Hall–Kier alpha value is -6.19. The summed E-state index contributed by atoms with van der Waals surface area (Å²) in [4.78, 5) is 154. The summed E-state index contributed by atoms with van der Waals surface area (Å²) in [6.07, 6.45) is 3.47. The third-order valence-corrected chi connectivity index (χ3v) is 18.3. The molecule has 12 atom stereocenters. The Morgan fingerprint density at radius 2 is 1.39 bits per heavy atom. The lowest BCUT2D eigenvalue weighted by molar-refractivity contribution is -0.149. The van der Waals surface area contributed by atoms with Crippen molar-refractivity contribution in [3.05, 3.63) is 48.0 Å². The molecule has 1 unspecified atom stereocenters. The summed E-state index contributed by atoms with van der Waals surface area (Å²) in [5, 5.41) is 24.9. The fourth-order valence-electron chi connectivity index (χ4n) is 13.2. The number of Topliss-reactive ketones (excluding diaryl/α,β-unsaturated/α-hetero) is 3. The largest absolute Gasteiger partial charge is 0.481 e. The number of rotatable bonds is 43. The zero-order valence-corrected chi connectivity index (χ0v) is 56.8. The summed E-state index contributed by atoms with van der Waals surface area (Å²) in [6.45, 7) is 23.9. The molecule has 3 rings (SSSR count). The van der Waals surface area contributed by atoms with Crippen molar-refractivity contribution in [3.8, 4) is 0 Å².